The highest BCUT2D eigenvalue weighted by atomic mass is 32.2. The van der Waals surface area contributed by atoms with Crippen LogP contribution < -0.4 is 5.32 Å². The Morgan fingerprint density at radius 2 is 1.84 bits per heavy atom. The van der Waals surface area contributed by atoms with Crippen LogP contribution in [0.15, 0.2) is 48.5 Å². The predicted molar refractivity (Wildman–Crippen MR) is 89.3 cm³/mol. The van der Waals surface area contributed by atoms with Crippen LogP contribution in [0.2, 0.25) is 0 Å². The third-order valence-corrected chi connectivity index (χ3v) is 4.14. The van der Waals surface area contributed by atoms with Crippen LogP contribution in [0.4, 0.5) is 24.5 Å². The van der Waals surface area contributed by atoms with Crippen LogP contribution in [0.5, 0.6) is 0 Å². The van der Waals surface area contributed by atoms with Crippen molar-refractivity contribution < 1.29 is 22.9 Å². The number of amides is 1. The van der Waals surface area contributed by atoms with Gasteiger partial charge in [-0.25, -0.2) is 0 Å². The number of halogens is 3. The number of nitro groups is 1. The number of nitrogens with one attached hydrogen (secondary N) is 1. The average Bonchev–Trinajstić information content (AvgIpc) is 2.55. The van der Waals surface area contributed by atoms with Crippen LogP contribution in [0.25, 0.3) is 0 Å². The summed E-state index contributed by atoms with van der Waals surface area (Å²) in [6.45, 7) is 0. The number of hydrogen-bond acceptors (Lipinski definition) is 4. The van der Waals surface area contributed by atoms with E-state index < -0.39 is 28.3 Å². The van der Waals surface area contributed by atoms with Gasteiger partial charge in [0.15, 0.2) is 0 Å². The van der Waals surface area contributed by atoms with Crippen molar-refractivity contribution >= 4 is 29.0 Å². The van der Waals surface area contributed by atoms with Crippen molar-refractivity contribution in [2.45, 2.75) is 11.9 Å². The van der Waals surface area contributed by atoms with Gasteiger partial charge in [-0.15, -0.1) is 11.8 Å². The van der Waals surface area contributed by atoms with Gasteiger partial charge in [0.25, 0.3) is 5.69 Å². The average molecular weight is 370 g/mol. The zero-order valence-electron chi connectivity index (χ0n) is 12.7. The van der Waals surface area contributed by atoms with Crippen molar-refractivity contribution in [2.75, 3.05) is 11.1 Å². The largest absolute Gasteiger partial charge is 0.416 e. The number of benzene rings is 2. The molecule has 132 valence electrons. The number of hydrogen-bond donors (Lipinski definition) is 1. The van der Waals surface area contributed by atoms with E-state index in [1.54, 1.807) is 0 Å². The lowest BCUT2D eigenvalue weighted by Crippen LogP contribution is -2.16. The summed E-state index contributed by atoms with van der Waals surface area (Å²) in [5.74, 6) is 0.0694. The fourth-order valence-corrected chi connectivity index (χ4v) is 2.77. The molecule has 1 amide bonds. The Balaban J connectivity index is 2.01. The van der Waals surface area contributed by atoms with E-state index in [-0.39, 0.29) is 11.4 Å². The fraction of sp³-hybridized carbons (Fsp3) is 0.188. The van der Waals surface area contributed by atoms with E-state index in [0.717, 1.165) is 11.6 Å². The molecule has 5 nitrogen and oxygen atoms in total. The lowest BCUT2D eigenvalue weighted by Gasteiger charge is -2.10. The number of carbonyl (C=O) groups excluding carboxylic acids is 1. The maximum Gasteiger partial charge on any atom is 0.416 e. The lowest BCUT2D eigenvalue weighted by atomic mass is 10.1. The van der Waals surface area contributed by atoms with Gasteiger partial charge >= 0.3 is 6.18 Å². The molecule has 0 spiro atoms. The molecule has 0 bridgehead atoms. The van der Waals surface area contributed by atoms with Gasteiger partial charge in [-0.3, -0.25) is 14.9 Å². The third kappa shape index (κ3) is 5.49. The highest BCUT2D eigenvalue weighted by Crippen LogP contribution is 2.35. The molecular weight excluding hydrogens is 357 g/mol. The molecule has 0 saturated heterocycles. The molecule has 9 heteroatoms. The zero-order valence-corrected chi connectivity index (χ0v) is 13.6. The number of nitro benzene ring substituents is 1. The number of rotatable bonds is 6. The Hall–Kier alpha value is -2.55. The van der Waals surface area contributed by atoms with Gasteiger partial charge in [-0.05, 0) is 17.7 Å². The molecule has 0 aliphatic rings. The summed E-state index contributed by atoms with van der Waals surface area (Å²) in [6.07, 6.45) is -4.70. The number of alkyl halides is 3. The van der Waals surface area contributed by atoms with Gasteiger partial charge in [0, 0.05) is 11.8 Å². The molecule has 1 N–H and O–H groups in total. The number of anilines is 1. The first-order valence-corrected chi connectivity index (χ1v) is 8.20. The van der Waals surface area contributed by atoms with E-state index in [1.807, 2.05) is 30.3 Å². The Bertz CT molecular complexity index is 767. The second-order valence-electron chi connectivity index (χ2n) is 5.01. The smallest absolute Gasteiger partial charge is 0.320 e. The van der Waals surface area contributed by atoms with E-state index in [9.17, 15) is 28.1 Å². The Morgan fingerprint density at radius 1 is 1.16 bits per heavy atom. The Labute approximate surface area is 145 Å². The van der Waals surface area contributed by atoms with Gasteiger partial charge in [0.05, 0.1) is 16.2 Å². The van der Waals surface area contributed by atoms with Gasteiger partial charge in [-0.2, -0.15) is 13.2 Å². The summed E-state index contributed by atoms with van der Waals surface area (Å²) in [6, 6.07) is 11.4. The zero-order chi connectivity index (χ0) is 18.4. The SMILES string of the molecule is O=C(CSCc1ccccc1)Nc1ccc(C(F)(F)F)cc1[N+](=O)[O-]. The Kier molecular flexibility index (Phi) is 6.02. The summed E-state index contributed by atoms with van der Waals surface area (Å²) in [5.41, 5.74) is -1.18. The molecule has 0 radical (unpaired) electrons. The van der Waals surface area contributed by atoms with Crippen LogP contribution in [0.1, 0.15) is 11.1 Å². The van der Waals surface area contributed by atoms with Gasteiger partial charge < -0.3 is 5.32 Å². The van der Waals surface area contributed by atoms with Crippen molar-refractivity contribution in [3.63, 3.8) is 0 Å². The summed E-state index contributed by atoms with van der Waals surface area (Å²) in [7, 11) is 0. The monoisotopic (exact) mass is 370 g/mol. The van der Waals surface area contributed by atoms with E-state index in [4.69, 9.17) is 0 Å². The summed E-state index contributed by atoms with van der Waals surface area (Å²) in [4.78, 5) is 21.9. The van der Waals surface area contributed by atoms with Crippen molar-refractivity contribution in [1.29, 1.82) is 0 Å². The molecule has 0 fully saturated rings. The molecule has 0 aliphatic heterocycles. The van der Waals surface area contributed by atoms with E-state index in [2.05, 4.69) is 5.32 Å². The molecule has 0 aliphatic carbocycles. The molecule has 2 rings (SSSR count). The highest BCUT2D eigenvalue weighted by molar-refractivity contribution is 7.99. The molecule has 2 aromatic rings. The quantitative estimate of drug-likeness (QED) is 0.601. The van der Waals surface area contributed by atoms with E-state index in [1.165, 1.54) is 11.8 Å². The molecule has 0 atom stereocenters. The first-order valence-electron chi connectivity index (χ1n) is 7.04. The van der Waals surface area contributed by atoms with Crippen molar-refractivity contribution in [3.8, 4) is 0 Å². The normalized spacial score (nSPS) is 11.2. The maximum absolute atomic E-state index is 12.6. The topological polar surface area (TPSA) is 72.2 Å². The maximum atomic E-state index is 12.6. The van der Waals surface area contributed by atoms with Gasteiger partial charge in [0.1, 0.15) is 5.69 Å². The van der Waals surface area contributed by atoms with Crippen LogP contribution in [0.3, 0.4) is 0 Å². The van der Waals surface area contributed by atoms with Crippen LogP contribution in [-0.4, -0.2) is 16.6 Å². The summed E-state index contributed by atoms with van der Waals surface area (Å²) in [5, 5.41) is 13.3. The van der Waals surface area contributed by atoms with Crippen LogP contribution >= 0.6 is 11.8 Å². The first-order chi connectivity index (χ1) is 11.8. The molecule has 0 heterocycles. The summed E-state index contributed by atoms with van der Waals surface area (Å²) >= 11 is 1.29. The van der Waals surface area contributed by atoms with Gasteiger partial charge in [0.2, 0.25) is 5.91 Å². The minimum atomic E-state index is -4.70. The molecule has 25 heavy (non-hydrogen) atoms. The lowest BCUT2D eigenvalue weighted by molar-refractivity contribution is -0.384. The van der Waals surface area contributed by atoms with Crippen molar-refractivity contribution in [3.05, 3.63) is 69.8 Å². The number of carbonyl (C=O) groups is 1. The van der Waals surface area contributed by atoms with E-state index >= 15 is 0 Å². The molecule has 2 aromatic carbocycles. The molecular formula is C16H13F3N2O3S. The van der Waals surface area contributed by atoms with Gasteiger partial charge in [-0.1, -0.05) is 30.3 Å². The van der Waals surface area contributed by atoms with E-state index in [0.29, 0.717) is 17.9 Å². The van der Waals surface area contributed by atoms with Crippen LogP contribution in [0, 0.1) is 10.1 Å². The second kappa shape index (κ2) is 8.02. The summed E-state index contributed by atoms with van der Waals surface area (Å²) < 4.78 is 37.9. The predicted octanol–water partition coefficient (Wildman–Crippen LogP) is 4.49. The highest BCUT2D eigenvalue weighted by Gasteiger charge is 2.33. The second-order valence-corrected chi connectivity index (χ2v) is 6.00. The standard InChI is InChI=1S/C16H13F3N2O3S/c17-16(18,19)12-6-7-13(14(8-12)21(23)24)20-15(22)10-25-9-11-4-2-1-3-5-11/h1-8H,9-10H2,(H,20,22). The first kappa shape index (κ1) is 18.8. The number of thioether (sulfide) groups is 1. The minimum absolute atomic E-state index is 0.0209. The molecule has 0 aromatic heterocycles. The third-order valence-electron chi connectivity index (χ3n) is 3.14. The van der Waals surface area contributed by atoms with Crippen LogP contribution in [-0.2, 0) is 16.7 Å². The molecule has 0 unspecified atom stereocenters. The Morgan fingerprint density at radius 3 is 2.44 bits per heavy atom. The van der Waals surface area contributed by atoms with Crippen molar-refractivity contribution in [1.82, 2.24) is 0 Å². The minimum Gasteiger partial charge on any atom is -0.320 e. The fourth-order valence-electron chi connectivity index (χ4n) is 1.99. The van der Waals surface area contributed by atoms with Crippen molar-refractivity contribution in [2.24, 2.45) is 0 Å². The number of nitrogens with zero attached hydrogens (tertiary/aromatic N) is 1. The molecule has 0 saturated carbocycles.